The maximum absolute atomic E-state index is 11.2. The van der Waals surface area contributed by atoms with Crippen molar-refractivity contribution in [2.45, 2.75) is 0 Å². The van der Waals surface area contributed by atoms with Crippen molar-refractivity contribution in [1.29, 1.82) is 0 Å². The van der Waals surface area contributed by atoms with Crippen molar-refractivity contribution in [3.63, 3.8) is 0 Å². The molecule has 0 fully saturated rings. The molecule has 0 saturated heterocycles. The Balaban J connectivity index is 2.58. The van der Waals surface area contributed by atoms with Crippen molar-refractivity contribution >= 4 is 40.3 Å². The highest BCUT2D eigenvalue weighted by atomic mass is 35.5. The molecule has 3 rings (SSSR count). The Kier molecular flexibility index (Phi) is 2.10. The predicted molar refractivity (Wildman–Crippen MR) is 61.6 cm³/mol. The number of nitrogens with zero attached hydrogens (tertiary/aromatic N) is 4. The van der Waals surface area contributed by atoms with Gasteiger partial charge in [-0.15, -0.1) is 0 Å². The first-order valence-corrected chi connectivity index (χ1v) is 5.73. The summed E-state index contributed by atoms with van der Waals surface area (Å²) in [7, 11) is 0. The molecule has 0 unspecified atom stereocenters. The minimum Gasteiger partial charge on any atom is -0.255 e. The van der Waals surface area contributed by atoms with Crippen LogP contribution in [0.3, 0.4) is 0 Å². The predicted octanol–water partition coefficient (Wildman–Crippen LogP) is 1.96. The molecule has 3 heterocycles. The number of hydrogen-bond acceptors (Lipinski definition) is 5. The van der Waals surface area contributed by atoms with Gasteiger partial charge in [0.05, 0.1) is 11.1 Å². The SMILES string of the molecule is O=c1nc2n3c(Cl)cc(Cl)nc3ncc-2s1. The Bertz CT molecular complexity index is 722. The van der Waals surface area contributed by atoms with E-state index >= 15 is 0 Å². The van der Waals surface area contributed by atoms with Crippen LogP contribution in [0.1, 0.15) is 0 Å². The highest BCUT2D eigenvalue weighted by molar-refractivity contribution is 7.12. The fourth-order valence-electron chi connectivity index (χ4n) is 1.38. The smallest absolute Gasteiger partial charge is 0.255 e. The zero-order chi connectivity index (χ0) is 11.3. The lowest BCUT2D eigenvalue weighted by molar-refractivity contribution is 1.01. The molecule has 0 spiro atoms. The van der Waals surface area contributed by atoms with E-state index in [0.29, 0.717) is 21.6 Å². The second kappa shape index (κ2) is 3.38. The van der Waals surface area contributed by atoms with Crippen LogP contribution in [0.15, 0.2) is 17.1 Å². The Morgan fingerprint density at radius 1 is 1.31 bits per heavy atom. The number of thiazole rings is 1. The molecule has 5 nitrogen and oxygen atoms in total. The van der Waals surface area contributed by atoms with Crippen LogP contribution in [-0.4, -0.2) is 19.4 Å². The van der Waals surface area contributed by atoms with Gasteiger partial charge in [-0.3, -0.25) is 9.20 Å². The molecule has 0 amide bonds. The lowest BCUT2D eigenvalue weighted by atomic mass is 10.4. The molecule has 2 aliphatic heterocycles. The van der Waals surface area contributed by atoms with Gasteiger partial charge in [-0.2, -0.15) is 4.98 Å². The summed E-state index contributed by atoms with van der Waals surface area (Å²) in [5.74, 6) is 0.768. The Hall–Kier alpha value is -1.24. The van der Waals surface area contributed by atoms with Gasteiger partial charge in [0.2, 0.25) is 5.78 Å². The van der Waals surface area contributed by atoms with Gasteiger partial charge in [0.15, 0.2) is 5.82 Å². The van der Waals surface area contributed by atoms with E-state index < -0.39 is 0 Å². The fraction of sp³-hybridized carbons (Fsp3) is 0. The lowest BCUT2D eigenvalue weighted by Gasteiger charge is -2.06. The van der Waals surface area contributed by atoms with Gasteiger partial charge in [-0.25, -0.2) is 9.97 Å². The van der Waals surface area contributed by atoms with Crippen molar-refractivity contribution < 1.29 is 0 Å². The van der Waals surface area contributed by atoms with Crippen molar-refractivity contribution in [3.05, 3.63) is 32.2 Å². The monoisotopic (exact) mass is 272 g/mol. The largest absolute Gasteiger partial charge is 0.329 e. The summed E-state index contributed by atoms with van der Waals surface area (Å²) >= 11 is 12.8. The van der Waals surface area contributed by atoms with Crippen LogP contribution < -0.4 is 4.87 Å². The Morgan fingerprint density at radius 3 is 2.94 bits per heavy atom. The molecule has 80 valence electrons. The van der Waals surface area contributed by atoms with E-state index in [1.807, 2.05) is 0 Å². The first-order valence-electron chi connectivity index (χ1n) is 4.15. The van der Waals surface area contributed by atoms with E-state index in [0.717, 1.165) is 11.3 Å². The van der Waals surface area contributed by atoms with Gasteiger partial charge >= 0.3 is 4.87 Å². The van der Waals surface area contributed by atoms with Gasteiger partial charge in [-0.1, -0.05) is 34.5 Å². The Morgan fingerprint density at radius 2 is 2.12 bits per heavy atom. The molecule has 0 bridgehead atoms. The third-order valence-corrected chi connectivity index (χ3v) is 3.23. The van der Waals surface area contributed by atoms with Gasteiger partial charge in [-0.05, 0) is 0 Å². The topological polar surface area (TPSA) is 60.2 Å². The van der Waals surface area contributed by atoms with Crippen LogP contribution in [0.4, 0.5) is 0 Å². The quantitative estimate of drug-likeness (QED) is 0.587. The molecule has 0 radical (unpaired) electrons. The van der Waals surface area contributed by atoms with Gasteiger partial charge in [0, 0.05) is 6.07 Å². The second-order valence-corrected chi connectivity index (χ2v) is 4.73. The lowest BCUT2D eigenvalue weighted by Crippen LogP contribution is -2.03. The molecule has 1 aromatic heterocycles. The van der Waals surface area contributed by atoms with Gasteiger partial charge in [0.25, 0.3) is 0 Å². The van der Waals surface area contributed by atoms with Crippen LogP contribution in [0.5, 0.6) is 0 Å². The first kappa shape index (κ1) is 9.95. The molecule has 0 saturated carbocycles. The number of halogens is 2. The summed E-state index contributed by atoms with van der Waals surface area (Å²) in [6, 6.07) is 1.47. The molecule has 0 atom stereocenters. The van der Waals surface area contributed by atoms with Gasteiger partial charge < -0.3 is 0 Å². The molecule has 0 aromatic carbocycles. The molecule has 16 heavy (non-hydrogen) atoms. The molecule has 0 aliphatic carbocycles. The maximum atomic E-state index is 11.2. The summed E-state index contributed by atoms with van der Waals surface area (Å²) in [5.41, 5.74) is 0. The van der Waals surface area contributed by atoms with Crippen LogP contribution in [0, 0.1) is 0 Å². The number of fused-ring (bicyclic) bond motifs is 3. The average molecular weight is 273 g/mol. The molecule has 2 aliphatic rings. The van der Waals surface area contributed by atoms with E-state index in [1.165, 1.54) is 16.7 Å². The third kappa shape index (κ3) is 1.38. The van der Waals surface area contributed by atoms with Gasteiger partial charge in [0.1, 0.15) is 10.3 Å². The maximum Gasteiger partial charge on any atom is 0.329 e. The van der Waals surface area contributed by atoms with E-state index in [2.05, 4.69) is 15.0 Å². The first-order chi connectivity index (χ1) is 7.65. The van der Waals surface area contributed by atoms with Crippen molar-refractivity contribution in [2.75, 3.05) is 0 Å². The summed E-state index contributed by atoms with van der Waals surface area (Å²) in [6.07, 6.45) is 1.53. The summed E-state index contributed by atoms with van der Waals surface area (Å²) in [5, 5.41) is 0.563. The molecule has 0 N–H and O–H groups in total. The average Bonchev–Trinajstić information content (AvgIpc) is 2.56. The van der Waals surface area contributed by atoms with Crippen LogP contribution in [0.25, 0.3) is 16.5 Å². The highest BCUT2D eigenvalue weighted by Gasteiger charge is 2.15. The summed E-state index contributed by atoms with van der Waals surface area (Å²) < 4.78 is 1.49. The van der Waals surface area contributed by atoms with Crippen molar-refractivity contribution in [2.24, 2.45) is 0 Å². The zero-order valence-corrected chi connectivity index (χ0v) is 9.84. The highest BCUT2D eigenvalue weighted by Crippen LogP contribution is 2.25. The normalized spacial score (nSPS) is 11.4. The third-order valence-electron chi connectivity index (χ3n) is 1.98. The van der Waals surface area contributed by atoms with Crippen molar-refractivity contribution in [3.8, 4) is 10.7 Å². The second-order valence-electron chi connectivity index (χ2n) is 2.96. The molecular weight excluding hydrogens is 271 g/mol. The van der Waals surface area contributed by atoms with Crippen molar-refractivity contribution in [1.82, 2.24) is 19.4 Å². The fourth-order valence-corrected chi connectivity index (χ4v) is 2.53. The van der Waals surface area contributed by atoms with E-state index in [1.54, 1.807) is 0 Å². The number of hydrogen-bond donors (Lipinski definition) is 0. The standard InChI is InChI=1S/C8H2Cl2N4OS/c9-4-1-5(10)14-6-3(16-8(15)13-6)2-11-7(14)12-4/h1-2H. The van der Waals surface area contributed by atoms with E-state index in [4.69, 9.17) is 23.2 Å². The van der Waals surface area contributed by atoms with Crippen LogP contribution >= 0.6 is 34.5 Å². The minimum absolute atomic E-state index is 0.245. The molecule has 1 aromatic rings. The summed E-state index contributed by atoms with van der Waals surface area (Å²) in [4.78, 5) is 23.5. The molecular formula is C8H2Cl2N4OS. The molecule has 8 heteroatoms. The van der Waals surface area contributed by atoms with Crippen LogP contribution in [0.2, 0.25) is 10.3 Å². The van der Waals surface area contributed by atoms with E-state index in [-0.39, 0.29) is 10.0 Å². The minimum atomic E-state index is -0.289. The Labute approximate surface area is 103 Å². The zero-order valence-electron chi connectivity index (χ0n) is 7.52. The van der Waals surface area contributed by atoms with E-state index in [9.17, 15) is 4.79 Å². The van der Waals surface area contributed by atoms with Crippen LogP contribution in [-0.2, 0) is 0 Å². The summed E-state index contributed by atoms with van der Waals surface area (Å²) in [6.45, 7) is 0. The number of aromatic nitrogens is 4. The number of rotatable bonds is 0.